The lowest BCUT2D eigenvalue weighted by atomic mass is 10.2. The van der Waals surface area contributed by atoms with Crippen LogP contribution in [-0.4, -0.2) is 25.7 Å². The van der Waals surface area contributed by atoms with Gasteiger partial charge in [-0.2, -0.15) is 10.4 Å². The van der Waals surface area contributed by atoms with Crippen LogP contribution in [0.25, 0.3) is 17.1 Å². The van der Waals surface area contributed by atoms with Crippen LogP contribution >= 0.6 is 0 Å². The smallest absolute Gasteiger partial charge is 0.258 e. The molecule has 0 aliphatic rings. The molecule has 0 atom stereocenters. The Hall–Kier alpha value is -4.38. The maximum absolute atomic E-state index is 13.7. The highest BCUT2D eigenvalue weighted by Crippen LogP contribution is 2.21. The van der Waals surface area contributed by atoms with Gasteiger partial charge in [0.25, 0.3) is 5.91 Å². The molecular weight excluding hydrogens is 371 g/mol. The van der Waals surface area contributed by atoms with Gasteiger partial charge < -0.3 is 5.32 Å². The highest BCUT2D eigenvalue weighted by molar-refractivity contribution is 6.04. The summed E-state index contributed by atoms with van der Waals surface area (Å²) in [7, 11) is 0. The maximum Gasteiger partial charge on any atom is 0.258 e. The molecule has 0 aliphatic carbocycles. The van der Waals surface area contributed by atoms with Gasteiger partial charge in [-0.05, 0) is 42.5 Å². The molecule has 0 bridgehead atoms. The third-order valence-electron chi connectivity index (χ3n) is 4.14. The molecule has 0 radical (unpaired) electrons. The summed E-state index contributed by atoms with van der Waals surface area (Å²) in [4.78, 5) is 20.1. The van der Waals surface area contributed by atoms with Crippen LogP contribution in [-0.2, 0) is 0 Å². The zero-order valence-electron chi connectivity index (χ0n) is 15.0. The first kappa shape index (κ1) is 18.0. The van der Waals surface area contributed by atoms with E-state index in [0.29, 0.717) is 28.5 Å². The Morgan fingerprint density at radius 3 is 2.59 bits per heavy atom. The van der Waals surface area contributed by atoms with Crippen LogP contribution in [0.15, 0.2) is 73.2 Å². The van der Waals surface area contributed by atoms with Gasteiger partial charge in [0, 0.05) is 24.1 Å². The fraction of sp³-hybridized carbons (Fsp3) is 0. The standard InChI is InChI=1S/C21H13FN6O/c22-18-13-24-10-8-17(18)21(29)26-14-4-6-15(7-5-14)28-16(12-23)11-20(27-28)19-3-1-2-9-25-19/h1-11,13H,(H,26,29). The van der Waals surface area contributed by atoms with Crippen molar-refractivity contribution in [3.05, 3.63) is 90.3 Å². The second-order valence-electron chi connectivity index (χ2n) is 6.01. The van der Waals surface area contributed by atoms with Crippen molar-refractivity contribution >= 4 is 11.6 Å². The molecule has 7 nitrogen and oxygen atoms in total. The molecule has 1 amide bonds. The number of aromatic nitrogens is 4. The second kappa shape index (κ2) is 7.70. The molecule has 1 aromatic carbocycles. The summed E-state index contributed by atoms with van der Waals surface area (Å²) < 4.78 is 15.2. The average molecular weight is 384 g/mol. The van der Waals surface area contributed by atoms with Gasteiger partial charge in [0.1, 0.15) is 17.5 Å². The molecule has 3 heterocycles. The molecule has 4 aromatic rings. The summed E-state index contributed by atoms with van der Waals surface area (Å²) in [6, 6.07) is 17.2. The Morgan fingerprint density at radius 2 is 1.90 bits per heavy atom. The number of rotatable bonds is 4. The molecule has 0 saturated carbocycles. The Bertz CT molecular complexity index is 1210. The van der Waals surface area contributed by atoms with Gasteiger partial charge in [-0.25, -0.2) is 9.07 Å². The first-order chi connectivity index (χ1) is 14.2. The number of halogens is 1. The van der Waals surface area contributed by atoms with E-state index >= 15 is 0 Å². The van der Waals surface area contributed by atoms with Crippen molar-refractivity contribution in [2.75, 3.05) is 5.32 Å². The summed E-state index contributed by atoms with van der Waals surface area (Å²) in [5, 5.41) is 16.5. The Kier molecular flexibility index (Phi) is 4.78. The summed E-state index contributed by atoms with van der Waals surface area (Å²) in [5.74, 6) is -1.27. The zero-order valence-corrected chi connectivity index (χ0v) is 15.0. The van der Waals surface area contributed by atoms with E-state index < -0.39 is 11.7 Å². The van der Waals surface area contributed by atoms with E-state index in [-0.39, 0.29) is 5.56 Å². The van der Waals surface area contributed by atoms with Crippen LogP contribution < -0.4 is 5.32 Å². The molecule has 140 valence electrons. The van der Waals surface area contributed by atoms with Gasteiger partial charge in [-0.3, -0.25) is 14.8 Å². The number of hydrogen-bond donors (Lipinski definition) is 1. The first-order valence-corrected chi connectivity index (χ1v) is 8.58. The van der Waals surface area contributed by atoms with E-state index in [4.69, 9.17) is 0 Å². The molecule has 1 N–H and O–H groups in total. The van der Waals surface area contributed by atoms with E-state index in [2.05, 4.69) is 26.5 Å². The van der Waals surface area contributed by atoms with E-state index in [0.717, 1.165) is 6.20 Å². The van der Waals surface area contributed by atoms with Crippen molar-refractivity contribution in [1.82, 2.24) is 19.7 Å². The quantitative estimate of drug-likeness (QED) is 0.580. The first-order valence-electron chi connectivity index (χ1n) is 8.58. The normalized spacial score (nSPS) is 10.3. The van der Waals surface area contributed by atoms with Crippen LogP contribution in [0.1, 0.15) is 16.1 Å². The summed E-state index contributed by atoms with van der Waals surface area (Å²) in [6.07, 6.45) is 3.99. The number of nitriles is 1. The average Bonchev–Trinajstić information content (AvgIpc) is 3.20. The van der Waals surface area contributed by atoms with Crippen molar-refractivity contribution in [1.29, 1.82) is 5.26 Å². The maximum atomic E-state index is 13.7. The third-order valence-corrected chi connectivity index (χ3v) is 4.14. The summed E-state index contributed by atoms with van der Waals surface area (Å²) >= 11 is 0. The SMILES string of the molecule is N#Cc1cc(-c2ccccn2)nn1-c1ccc(NC(=O)c2ccncc2F)cc1. The number of amides is 1. The minimum Gasteiger partial charge on any atom is -0.322 e. The number of nitrogens with one attached hydrogen (secondary N) is 1. The lowest BCUT2D eigenvalue weighted by Crippen LogP contribution is -2.14. The number of carbonyl (C=O) groups is 1. The molecule has 3 aromatic heterocycles. The third kappa shape index (κ3) is 3.70. The van der Waals surface area contributed by atoms with Crippen molar-refractivity contribution in [2.45, 2.75) is 0 Å². The van der Waals surface area contributed by atoms with Crippen LogP contribution in [0.5, 0.6) is 0 Å². The van der Waals surface area contributed by atoms with E-state index in [9.17, 15) is 14.4 Å². The molecular formula is C21H13FN6O. The largest absolute Gasteiger partial charge is 0.322 e. The summed E-state index contributed by atoms with van der Waals surface area (Å²) in [6.45, 7) is 0. The molecule has 8 heteroatoms. The van der Waals surface area contributed by atoms with Crippen LogP contribution in [0.3, 0.4) is 0 Å². The van der Waals surface area contributed by atoms with Crippen molar-refractivity contribution in [3.63, 3.8) is 0 Å². The molecule has 0 unspecified atom stereocenters. The minimum absolute atomic E-state index is 0.0945. The van der Waals surface area contributed by atoms with E-state index in [1.807, 2.05) is 12.1 Å². The fourth-order valence-corrected chi connectivity index (χ4v) is 2.74. The van der Waals surface area contributed by atoms with Crippen LogP contribution in [0, 0.1) is 17.1 Å². The lowest BCUT2D eigenvalue weighted by Gasteiger charge is -2.08. The molecule has 29 heavy (non-hydrogen) atoms. The highest BCUT2D eigenvalue weighted by atomic mass is 19.1. The molecule has 0 saturated heterocycles. The molecule has 0 fully saturated rings. The highest BCUT2D eigenvalue weighted by Gasteiger charge is 2.13. The van der Waals surface area contributed by atoms with Crippen LogP contribution in [0.2, 0.25) is 0 Å². The van der Waals surface area contributed by atoms with Gasteiger partial charge in [-0.1, -0.05) is 6.07 Å². The van der Waals surface area contributed by atoms with Gasteiger partial charge in [0.05, 0.1) is 23.1 Å². The monoisotopic (exact) mass is 384 g/mol. The lowest BCUT2D eigenvalue weighted by molar-refractivity contribution is 0.102. The van der Waals surface area contributed by atoms with Gasteiger partial charge >= 0.3 is 0 Å². The number of benzene rings is 1. The molecule has 4 rings (SSSR count). The fourth-order valence-electron chi connectivity index (χ4n) is 2.74. The van der Waals surface area contributed by atoms with Gasteiger partial charge in [0.15, 0.2) is 5.82 Å². The number of anilines is 1. The Morgan fingerprint density at radius 1 is 1.07 bits per heavy atom. The van der Waals surface area contributed by atoms with Gasteiger partial charge in [0.2, 0.25) is 0 Å². The van der Waals surface area contributed by atoms with Crippen molar-refractivity contribution < 1.29 is 9.18 Å². The number of pyridine rings is 2. The number of hydrogen-bond acceptors (Lipinski definition) is 5. The topological polar surface area (TPSA) is 96.5 Å². The molecule has 0 spiro atoms. The predicted octanol–water partition coefficient (Wildman–Crippen LogP) is 3.59. The zero-order chi connectivity index (χ0) is 20.2. The number of nitrogens with zero attached hydrogens (tertiary/aromatic N) is 5. The number of carbonyl (C=O) groups excluding carboxylic acids is 1. The minimum atomic E-state index is -0.695. The summed E-state index contributed by atoms with van der Waals surface area (Å²) in [5.41, 5.74) is 2.60. The second-order valence-corrected chi connectivity index (χ2v) is 6.01. The van der Waals surface area contributed by atoms with E-state index in [1.165, 1.54) is 16.9 Å². The predicted molar refractivity (Wildman–Crippen MR) is 104 cm³/mol. The van der Waals surface area contributed by atoms with Gasteiger partial charge in [-0.15, -0.1) is 0 Å². The Labute approximate surface area is 165 Å². The Balaban J connectivity index is 1.58. The van der Waals surface area contributed by atoms with E-state index in [1.54, 1.807) is 42.6 Å². The van der Waals surface area contributed by atoms with Crippen molar-refractivity contribution in [3.8, 4) is 23.1 Å². The van der Waals surface area contributed by atoms with Crippen molar-refractivity contribution in [2.24, 2.45) is 0 Å². The van der Waals surface area contributed by atoms with Crippen LogP contribution in [0.4, 0.5) is 10.1 Å². The molecule has 0 aliphatic heterocycles.